The van der Waals surface area contributed by atoms with Crippen molar-refractivity contribution in [1.29, 1.82) is 0 Å². The Bertz CT molecular complexity index is 931. The number of hydrogen-bond acceptors (Lipinski definition) is 5. The van der Waals surface area contributed by atoms with E-state index in [0.717, 1.165) is 33.4 Å². The minimum atomic E-state index is 0.309. The van der Waals surface area contributed by atoms with Crippen LogP contribution in [0.2, 0.25) is 0 Å². The van der Waals surface area contributed by atoms with Gasteiger partial charge in [0.2, 0.25) is 0 Å². The third-order valence-electron chi connectivity index (χ3n) is 6.60. The fourth-order valence-corrected chi connectivity index (χ4v) is 7.08. The Hall–Kier alpha value is -0.885. The average Bonchev–Trinajstić information content (AvgIpc) is 3.03. The Labute approximate surface area is 187 Å². The molecule has 1 saturated carbocycles. The third-order valence-corrected chi connectivity index (χ3v) is 9.20. The molecule has 8 heteroatoms. The molecule has 0 N–H and O–H groups in total. The molecule has 2 aliphatic heterocycles. The van der Waals surface area contributed by atoms with Crippen molar-refractivity contribution in [3.05, 3.63) is 46.1 Å². The summed E-state index contributed by atoms with van der Waals surface area (Å²) in [5.41, 5.74) is 3.36. The van der Waals surface area contributed by atoms with E-state index in [2.05, 4.69) is 64.9 Å². The summed E-state index contributed by atoms with van der Waals surface area (Å²) in [4.78, 5) is 2.67. The second-order valence-corrected chi connectivity index (χ2v) is 11.5. The molecule has 0 radical (unpaired) electrons. The first-order valence-electron chi connectivity index (χ1n) is 10.4. The van der Waals surface area contributed by atoms with Gasteiger partial charge >= 0.3 is 0 Å². The zero-order valence-corrected chi connectivity index (χ0v) is 19.4. The number of thioether (sulfide) groups is 2. The summed E-state index contributed by atoms with van der Waals surface area (Å²) < 4.78 is 3.02. The van der Waals surface area contributed by atoms with Gasteiger partial charge in [-0.1, -0.05) is 59.2 Å². The molecule has 0 amide bonds. The van der Waals surface area contributed by atoms with Crippen LogP contribution in [0.3, 0.4) is 0 Å². The van der Waals surface area contributed by atoms with Crippen molar-refractivity contribution >= 4 is 48.4 Å². The number of fused-ring (bicyclic) bond motifs is 1. The number of benzene rings is 1. The molecule has 2 aromatic rings. The number of halogens is 1. The smallest absolute Gasteiger partial charge is 0.190 e. The maximum atomic E-state index is 6.11. The quantitative estimate of drug-likeness (QED) is 0.372. The average molecular weight is 445 g/mol. The molecule has 1 aromatic heterocycles. The van der Waals surface area contributed by atoms with E-state index in [4.69, 9.17) is 11.6 Å². The van der Waals surface area contributed by atoms with Gasteiger partial charge in [-0.3, -0.25) is 0 Å². The molecule has 2 fully saturated rings. The van der Waals surface area contributed by atoms with Crippen LogP contribution in [0.25, 0.3) is 0 Å². The predicted octanol–water partition coefficient (Wildman–Crippen LogP) is 3.09. The second-order valence-electron chi connectivity index (χ2n) is 8.61. The van der Waals surface area contributed by atoms with E-state index >= 15 is 0 Å². The van der Waals surface area contributed by atoms with E-state index in [1.54, 1.807) is 17.3 Å². The number of allylic oxidation sites excluding steroid dienone is 1. The maximum absolute atomic E-state index is 6.11. The highest BCUT2D eigenvalue weighted by molar-refractivity contribution is 8.05. The fourth-order valence-electron chi connectivity index (χ4n) is 4.86. The van der Waals surface area contributed by atoms with Crippen molar-refractivity contribution in [2.45, 2.75) is 35.1 Å². The highest BCUT2D eigenvalue weighted by Crippen LogP contribution is 2.58. The van der Waals surface area contributed by atoms with E-state index in [0.29, 0.717) is 10.7 Å². The van der Waals surface area contributed by atoms with Crippen molar-refractivity contribution in [3.8, 4) is 0 Å². The summed E-state index contributed by atoms with van der Waals surface area (Å²) in [5.74, 6) is 2.98. The zero-order valence-electron chi connectivity index (χ0n) is 17.0. The Kier molecular flexibility index (Phi) is 5.52. The van der Waals surface area contributed by atoms with Gasteiger partial charge in [0.1, 0.15) is 13.7 Å². The monoisotopic (exact) mass is 444 g/mol. The SMILES string of the molecule is Bc1ccc(C23CC2CN(CCCSc2nnc(C4CC=C(Cl)S4)n2C)C3)cc1. The normalized spacial score (nSPS) is 28.6. The molecule has 29 heavy (non-hydrogen) atoms. The van der Waals surface area contributed by atoms with Gasteiger partial charge < -0.3 is 9.47 Å². The van der Waals surface area contributed by atoms with E-state index in [9.17, 15) is 0 Å². The van der Waals surface area contributed by atoms with Crippen molar-refractivity contribution in [1.82, 2.24) is 19.7 Å². The molecule has 1 aromatic carbocycles. The van der Waals surface area contributed by atoms with Gasteiger partial charge in [0.25, 0.3) is 0 Å². The van der Waals surface area contributed by atoms with Crippen molar-refractivity contribution in [2.75, 3.05) is 25.4 Å². The number of likely N-dealkylation sites (tertiary alicyclic amines) is 1. The number of rotatable bonds is 7. The van der Waals surface area contributed by atoms with Crippen LogP contribution in [0.5, 0.6) is 0 Å². The molecule has 3 unspecified atom stereocenters. The zero-order chi connectivity index (χ0) is 20.0. The van der Waals surface area contributed by atoms with Gasteiger partial charge in [0.05, 0.1) is 9.61 Å². The molecule has 3 aliphatic rings. The van der Waals surface area contributed by atoms with E-state index in [1.807, 2.05) is 11.8 Å². The molecular weight excluding hydrogens is 419 g/mol. The Morgan fingerprint density at radius 2 is 2.14 bits per heavy atom. The van der Waals surface area contributed by atoms with Crippen molar-refractivity contribution < 1.29 is 0 Å². The summed E-state index contributed by atoms with van der Waals surface area (Å²) in [6.45, 7) is 3.67. The van der Waals surface area contributed by atoms with Crippen LogP contribution in [0.1, 0.15) is 35.9 Å². The molecule has 4 nitrogen and oxygen atoms in total. The Balaban J connectivity index is 1.09. The lowest BCUT2D eigenvalue weighted by atomic mass is 9.89. The topological polar surface area (TPSA) is 34.0 Å². The van der Waals surface area contributed by atoms with Gasteiger partial charge in [-0.05, 0) is 37.3 Å². The van der Waals surface area contributed by atoms with Gasteiger partial charge in [-0.15, -0.1) is 22.0 Å². The number of piperidine rings is 1. The van der Waals surface area contributed by atoms with Crippen LogP contribution in [-0.4, -0.2) is 52.9 Å². The van der Waals surface area contributed by atoms with Gasteiger partial charge in [0, 0.05) is 31.3 Å². The molecule has 5 rings (SSSR count). The molecule has 1 aliphatic carbocycles. The lowest BCUT2D eigenvalue weighted by Crippen LogP contribution is -2.28. The van der Waals surface area contributed by atoms with Crippen LogP contribution >= 0.6 is 35.1 Å². The molecule has 3 heterocycles. The molecule has 3 atom stereocenters. The fraction of sp³-hybridized carbons (Fsp3) is 0.524. The third kappa shape index (κ3) is 3.91. The minimum absolute atomic E-state index is 0.309. The molecule has 0 spiro atoms. The van der Waals surface area contributed by atoms with Gasteiger partial charge in [0.15, 0.2) is 5.16 Å². The number of hydrogen-bond donors (Lipinski definition) is 0. The molecule has 0 bridgehead atoms. The summed E-state index contributed by atoms with van der Waals surface area (Å²) >= 11 is 9.61. The lowest BCUT2D eigenvalue weighted by molar-refractivity contribution is 0.299. The largest absolute Gasteiger partial charge is 0.308 e. The van der Waals surface area contributed by atoms with Crippen LogP contribution in [0.4, 0.5) is 0 Å². The minimum Gasteiger partial charge on any atom is -0.308 e. The van der Waals surface area contributed by atoms with Crippen LogP contribution in [0.15, 0.2) is 39.9 Å². The Morgan fingerprint density at radius 1 is 1.31 bits per heavy atom. The van der Waals surface area contributed by atoms with Crippen LogP contribution in [0, 0.1) is 5.92 Å². The van der Waals surface area contributed by atoms with E-state index in [1.165, 1.54) is 37.9 Å². The second kappa shape index (κ2) is 7.99. The molecule has 1 saturated heterocycles. The lowest BCUT2D eigenvalue weighted by Gasteiger charge is -2.21. The molecule has 152 valence electrons. The first-order valence-corrected chi connectivity index (χ1v) is 12.6. The van der Waals surface area contributed by atoms with Crippen molar-refractivity contribution in [3.63, 3.8) is 0 Å². The summed E-state index contributed by atoms with van der Waals surface area (Å²) in [7, 11) is 4.24. The Morgan fingerprint density at radius 3 is 2.90 bits per heavy atom. The number of aromatic nitrogens is 3. The van der Waals surface area contributed by atoms with E-state index in [-0.39, 0.29) is 0 Å². The van der Waals surface area contributed by atoms with Gasteiger partial charge in [-0.2, -0.15) is 0 Å². The van der Waals surface area contributed by atoms with Gasteiger partial charge in [-0.25, -0.2) is 0 Å². The first-order chi connectivity index (χ1) is 14.0. The first kappa shape index (κ1) is 20.0. The van der Waals surface area contributed by atoms with Crippen LogP contribution < -0.4 is 5.46 Å². The standard InChI is InChI=1S/C21H26BClN4S2/c1-26-19(17-7-8-18(23)29-17)24-25-20(26)28-10-2-9-27-12-15-11-21(15,13-27)14-3-5-16(22)6-4-14/h3-6,8,15,17H,2,7,9-13,22H2,1H3. The summed E-state index contributed by atoms with van der Waals surface area (Å²) in [6, 6.07) is 9.24. The highest BCUT2D eigenvalue weighted by Gasteiger charge is 2.60. The predicted molar refractivity (Wildman–Crippen MR) is 126 cm³/mol. The maximum Gasteiger partial charge on any atom is 0.190 e. The molecular formula is C21H26BClN4S2. The van der Waals surface area contributed by atoms with E-state index < -0.39 is 0 Å². The highest BCUT2D eigenvalue weighted by atomic mass is 35.5. The van der Waals surface area contributed by atoms with Crippen LogP contribution in [-0.2, 0) is 12.5 Å². The summed E-state index contributed by atoms with van der Waals surface area (Å²) in [6.07, 6.45) is 5.58. The number of nitrogens with zero attached hydrogens (tertiary/aromatic N) is 4. The summed E-state index contributed by atoms with van der Waals surface area (Å²) in [5, 5.41) is 10.2. The van der Waals surface area contributed by atoms with Crippen molar-refractivity contribution in [2.24, 2.45) is 13.0 Å².